The molecule has 1 aliphatic rings. The summed E-state index contributed by atoms with van der Waals surface area (Å²) in [6.07, 6.45) is 10.9. The first-order chi connectivity index (χ1) is 9.93. The van der Waals surface area contributed by atoms with Crippen LogP contribution in [0.2, 0.25) is 0 Å². The van der Waals surface area contributed by atoms with Gasteiger partial charge in [-0.05, 0) is 19.3 Å². The molecule has 4 heteroatoms. The minimum Gasteiger partial charge on any atom is -0.273 e. The van der Waals surface area contributed by atoms with E-state index in [0.717, 1.165) is 24.8 Å². The normalized spacial score (nSPS) is 14.9. The molecule has 1 amide bonds. The van der Waals surface area contributed by atoms with Gasteiger partial charge in [0.05, 0.1) is 0 Å². The fourth-order valence-corrected chi connectivity index (χ4v) is 2.58. The number of nitrogens with zero attached hydrogens (tertiary/aromatic N) is 2. The molecule has 0 aliphatic heterocycles. The summed E-state index contributed by atoms with van der Waals surface area (Å²) in [7, 11) is 1.80. The van der Waals surface area contributed by atoms with Crippen LogP contribution >= 0.6 is 12.2 Å². The molecule has 1 atom stereocenters. The maximum atomic E-state index is 12.0. The molecule has 0 bridgehead atoms. The van der Waals surface area contributed by atoms with Gasteiger partial charge in [-0.1, -0.05) is 50.0 Å². The first-order valence-corrected chi connectivity index (χ1v) is 7.61. The number of carbonyl (C=O) groups is 1. The van der Waals surface area contributed by atoms with Crippen molar-refractivity contribution in [3.8, 4) is 0 Å². The maximum absolute atomic E-state index is 12.0. The highest BCUT2D eigenvalue weighted by Gasteiger charge is 2.25. The van der Waals surface area contributed by atoms with E-state index in [4.69, 9.17) is 12.2 Å². The average Bonchev–Trinajstić information content (AvgIpc) is 2.48. The largest absolute Gasteiger partial charge is 0.273 e. The van der Waals surface area contributed by atoms with Crippen molar-refractivity contribution in [3.05, 3.63) is 48.7 Å². The van der Waals surface area contributed by atoms with Crippen molar-refractivity contribution in [2.45, 2.75) is 33.1 Å². The summed E-state index contributed by atoms with van der Waals surface area (Å²) in [6.45, 7) is 11.4. The molecule has 1 unspecified atom stereocenters. The number of hydrogen-bond acceptors (Lipinski definition) is 2. The number of allylic oxidation sites excluding steroid dienone is 3. The summed E-state index contributed by atoms with van der Waals surface area (Å²) in [4.78, 5) is 12.7. The van der Waals surface area contributed by atoms with E-state index >= 15 is 0 Å². The Bertz CT molecular complexity index is 505. The van der Waals surface area contributed by atoms with Gasteiger partial charge >= 0.3 is 0 Å². The Morgan fingerprint density at radius 2 is 2.19 bits per heavy atom. The Morgan fingerprint density at radius 1 is 1.52 bits per heavy atom. The predicted molar refractivity (Wildman–Crippen MR) is 92.5 cm³/mol. The second kappa shape index (κ2) is 7.93. The Balaban J connectivity index is 2.99. The van der Waals surface area contributed by atoms with Crippen molar-refractivity contribution in [3.63, 3.8) is 0 Å². The number of hydrogen-bond donors (Lipinski definition) is 0. The van der Waals surface area contributed by atoms with E-state index in [-0.39, 0.29) is 11.8 Å². The van der Waals surface area contributed by atoms with Crippen molar-refractivity contribution < 1.29 is 4.79 Å². The Hall–Kier alpha value is -1.68. The standard InChI is InChI=1S/C17H24N2OS/c1-6-15(7-2)13(3)19(14(4)20)18(5)17(21)16-11-9-8-10-12-16/h6,9,11-12,15H,1,3,7-8,10H2,2,4-5H3. The first-order valence-electron chi connectivity index (χ1n) is 7.20. The van der Waals surface area contributed by atoms with Crippen molar-refractivity contribution >= 4 is 23.1 Å². The number of hydrazine groups is 1. The lowest BCUT2D eigenvalue weighted by Crippen LogP contribution is -2.46. The van der Waals surface area contributed by atoms with Crippen molar-refractivity contribution in [1.29, 1.82) is 0 Å². The molecule has 0 N–H and O–H groups in total. The van der Waals surface area contributed by atoms with E-state index in [1.54, 1.807) is 17.1 Å². The van der Waals surface area contributed by atoms with Crippen LogP contribution in [-0.2, 0) is 4.79 Å². The molecule has 1 rings (SSSR count). The molecule has 0 fully saturated rings. The van der Waals surface area contributed by atoms with Gasteiger partial charge in [-0.25, -0.2) is 5.01 Å². The summed E-state index contributed by atoms with van der Waals surface area (Å²) in [5.41, 5.74) is 1.68. The average molecular weight is 304 g/mol. The van der Waals surface area contributed by atoms with Crippen molar-refractivity contribution in [1.82, 2.24) is 10.0 Å². The topological polar surface area (TPSA) is 23.6 Å². The molecule has 21 heavy (non-hydrogen) atoms. The lowest BCUT2D eigenvalue weighted by molar-refractivity contribution is -0.135. The van der Waals surface area contributed by atoms with Gasteiger partial charge in [-0.3, -0.25) is 9.80 Å². The molecule has 0 spiro atoms. The fraction of sp³-hybridized carbons (Fsp3) is 0.412. The van der Waals surface area contributed by atoms with E-state index in [0.29, 0.717) is 10.7 Å². The summed E-state index contributed by atoms with van der Waals surface area (Å²) >= 11 is 5.52. The van der Waals surface area contributed by atoms with E-state index in [9.17, 15) is 4.79 Å². The van der Waals surface area contributed by atoms with Crippen LogP contribution < -0.4 is 0 Å². The third kappa shape index (κ3) is 4.14. The molecule has 0 heterocycles. The van der Waals surface area contributed by atoms with Crippen LogP contribution in [0, 0.1) is 5.92 Å². The van der Waals surface area contributed by atoms with Crippen molar-refractivity contribution in [2.24, 2.45) is 5.92 Å². The molecule has 1 aliphatic carbocycles. The molecule has 114 valence electrons. The van der Waals surface area contributed by atoms with Gasteiger partial charge in [0.1, 0.15) is 4.99 Å². The minimum absolute atomic E-state index is 0.0510. The van der Waals surface area contributed by atoms with Crippen LogP contribution in [0.25, 0.3) is 0 Å². The second-order valence-corrected chi connectivity index (χ2v) is 5.43. The summed E-state index contributed by atoms with van der Waals surface area (Å²) in [5.74, 6) is -0.0550. The summed E-state index contributed by atoms with van der Waals surface area (Å²) < 4.78 is 0. The van der Waals surface area contributed by atoms with Crippen LogP contribution in [-0.4, -0.2) is 28.0 Å². The highest BCUT2D eigenvalue weighted by atomic mass is 32.1. The highest BCUT2D eigenvalue weighted by Crippen LogP contribution is 2.23. The SMILES string of the molecule is C=CC(CC)C(=C)N(C(C)=O)N(C)C(=S)C1=CCCC=C1. The maximum Gasteiger partial charge on any atom is 0.242 e. The van der Waals surface area contributed by atoms with Gasteiger partial charge in [0, 0.05) is 31.2 Å². The molecular weight excluding hydrogens is 280 g/mol. The van der Waals surface area contributed by atoms with E-state index in [2.05, 4.69) is 25.3 Å². The molecular formula is C17H24N2OS. The Kier molecular flexibility index (Phi) is 6.56. The molecule has 0 aromatic rings. The van der Waals surface area contributed by atoms with E-state index in [1.807, 2.05) is 19.1 Å². The molecule has 0 aromatic heterocycles. The predicted octanol–water partition coefficient (Wildman–Crippen LogP) is 4.01. The smallest absolute Gasteiger partial charge is 0.242 e. The van der Waals surface area contributed by atoms with Crippen molar-refractivity contribution in [2.75, 3.05) is 7.05 Å². The third-order valence-corrected chi connectivity index (χ3v) is 4.06. The van der Waals surface area contributed by atoms with Gasteiger partial charge in [0.15, 0.2) is 0 Å². The van der Waals surface area contributed by atoms with E-state index < -0.39 is 0 Å². The zero-order chi connectivity index (χ0) is 16.0. The van der Waals surface area contributed by atoms with Gasteiger partial charge in [0.25, 0.3) is 0 Å². The lowest BCUT2D eigenvalue weighted by atomic mass is 10.0. The molecule has 0 radical (unpaired) electrons. The van der Waals surface area contributed by atoms with Gasteiger partial charge in [0.2, 0.25) is 5.91 Å². The van der Waals surface area contributed by atoms with Gasteiger partial charge in [-0.15, -0.1) is 6.58 Å². The van der Waals surface area contributed by atoms with Crippen LogP contribution in [0.4, 0.5) is 0 Å². The fourth-order valence-electron chi connectivity index (χ4n) is 2.35. The Morgan fingerprint density at radius 3 is 2.62 bits per heavy atom. The monoisotopic (exact) mass is 304 g/mol. The van der Waals surface area contributed by atoms with Crippen LogP contribution in [0.15, 0.2) is 48.7 Å². The summed E-state index contributed by atoms with van der Waals surface area (Å²) in [6, 6.07) is 0. The minimum atomic E-state index is -0.106. The molecule has 0 aromatic carbocycles. The molecule has 0 saturated carbocycles. The second-order valence-electron chi connectivity index (χ2n) is 5.04. The van der Waals surface area contributed by atoms with Gasteiger partial charge in [-0.2, -0.15) is 0 Å². The number of amides is 1. The Labute approximate surface area is 133 Å². The number of thiocarbonyl (C=S) groups is 1. The van der Waals surface area contributed by atoms with Crippen LogP contribution in [0.3, 0.4) is 0 Å². The van der Waals surface area contributed by atoms with Crippen LogP contribution in [0.1, 0.15) is 33.1 Å². The number of likely N-dealkylation sites (N-methyl/N-ethyl adjacent to an activating group) is 1. The van der Waals surface area contributed by atoms with Crippen LogP contribution in [0.5, 0.6) is 0 Å². The molecule has 0 saturated heterocycles. The number of carbonyl (C=O) groups excluding carboxylic acids is 1. The zero-order valence-electron chi connectivity index (χ0n) is 13.1. The first kappa shape index (κ1) is 17.4. The molecule has 3 nitrogen and oxygen atoms in total. The zero-order valence-corrected chi connectivity index (χ0v) is 13.9. The highest BCUT2D eigenvalue weighted by molar-refractivity contribution is 7.80. The summed E-state index contributed by atoms with van der Waals surface area (Å²) in [5, 5.41) is 3.25. The lowest BCUT2D eigenvalue weighted by Gasteiger charge is -2.36. The van der Waals surface area contributed by atoms with E-state index in [1.165, 1.54) is 6.92 Å². The number of rotatable bonds is 5. The third-order valence-electron chi connectivity index (χ3n) is 3.56. The quantitative estimate of drug-likeness (QED) is 0.435. The van der Waals surface area contributed by atoms with Gasteiger partial charge < -0.3 is 0 Å².